The Morgan fingerprint density at radius 2 is 2.27 bits per heavy atom. The standard InChI is InChI=1S/C9H16OS/c1-4-7-11-9(3)6-5-8(2)10/h5-6,9H,4,7H2,1-3H3. The molecule has 0 rings (SSSR count). The number of ketones is 1. The molecule has 0 N–H and O–H groups in total. The second-order valence-corrected chi connectivity index (χ2v) is 4.03. The smallest absolute Gasteiger partial charge is 0.152 e. The van der Waals surface area contributed by atoms with Crippen molar-refractivity contribution >= 4 is 17.5 Å². The normalized spacial score (nSPS) is 13.7. The van der Waals surface area contributed by atoms with Gasteiger partial charge < -0.3 is 0 Å². The van der Waals surface area contributed by atoms with Gasteiger partial charge in [-0.2, -0.15) is 11.8 Å². The monoisotopic (exact) mass is 172 g/mol. The molecule has 1 unspecified atom stereocenters. The highest BCUT2D eigenvalue weighted by Crippen LogP contribution is 2.12. The second-order valence-electron chi connectivity index (χ2n) is 2.55. The molecule has 11 heavy (non-hydrogen) atoms. The van der Waals surface area contributed by atoms with E-state index in [1.165, 1.54) is 12.2 Å². The minimum Gasteiger partial charge on any atom is -0.295 e. The fourth-order valence-corrected chi connectivity index (χ4v) is 1.43. The van der Waals surface area contributed by atoms with Crippen molar-refractivity contribution in [2.75, 3.05) is 5.75 Å². The number of carbonyl (C=O) groups excluding carboxylic acids is 1. The summed E-state index contributed by atoms with van der Waals surface area (Å²) in [5.41, 5.74) is 0. The molecule has 0 saturated carbocycles. The van der Waals surface area contributed by atoms with E-state index < -0.39 is 0 Å². The number of allylic oxidation sites excluding steroid dienone is 1. The van der Waals surface area contributed by atoms with Gasteiger partial charge in [0.1, 0.15) is 0 Å². The molecule has 1 nitrogen and oxygen atoms in total. The predicted molar refractivity (Wildman–Crippen MR) is 52.0 cm³/mol. The number of hydrogen-bond donors (Lipinski definition) is 0. The van der Waals surface area contributed by atoms with E-state index in [2.05, 4.69) is 13.8 Å². The van der Waals surface area contributed by atoms with Gasteiger partial charge in [-0.1, -0.05) is 13.0 Å². The summed E-state index contributed by atoms with van der Waals surface area (Å²) in [6.45, 7) is 5.85. The average Bonchev–Trinajstić information content (AvgIpc) is 1.97. The minimum atomic E-state index is 0.133. The summed E-state index contributed by atoms with van der Waals surface area (Å²) < 4.78 is 0. The van der Waals surface area contributed by atoms with Crippen molar-refractivity contribution in [3.63, 3.8) is 0 Å². The summed E-state index contributed by atoms with van der Waals surface area (Å²) in [6.07, 6.45) is 4.80. The van der Waals surface area contributed by atoms with Crippen LogP contribution in [0.5, 0.6) is 0 Å². The summed E-state index contributed by atoms with van der Waals surface area (Å²) in [5, 5.41) is 0.471. The largest absolute Gasteiger partial charge is 0.295 e. The topological polar surface area (TPSA) is 17.1 Å². The first-order chi connectivity index (χ1) is 5.16. The Hall–Kier alpha value is -0.240. The Morgan fingerprint density at radius 1 is 1.64 bits per heavy atom. The van der Waals surface area contributed by atoms with Crippen LogP contribution in [0.4, 0.5) is 0 Å². The second kappa shape index (κ2) is 6.47. The molecule has 0 aliphatic carbocycles. The third-order valence-corrected chi connectivity index (χ3v) is 2.51. The third kappa shape index (κ3) is 7.66. The van der Waals surface area contributed by atoms with Crippen molar-refractivity contribution in [1.82, 2.24) is 0 Å². The molecule has 0 aromatic rings. The van der Waals surface area contributed by atoms with Gasteiger partial charge in [0.2, 0.25) is 0 Å². The number of rotatable bonds is 5. The van der Waals surface area contributed by atoms with E-state index in [0.717, 1.165) is 0 Å². The first-order valence-electron chi connectivity index (χ1n) is 3.97. The molecule has 0 saturated heterocycles. The minimum absolute atomic E-state index is 0.133. The maximum atomic E-state index is 10.5. The van der Waals surface area contributed by atoms with Gasteiger partial charge in [-0.15, -0.1) is 0 Å². The van der Waals surface area contributed by atoms with Gasteiger partial charge in [-0.25, -0.2) is 0 Å². The molecule has 0 aliphatic rings. The highest BCUT2D eigenvalue weighted by molar-refractivity contribution is 8.00. The lowest BCUT2D eigenvalue weighted by molar-refractivity contribution is -0.112. The molecule has 1 atom stereocenters. The summed E-state index contributed by atoms with van der Waals surface area (Å²) in [5.74, 6) is 1.30. The maximum absolute atomic E-state index is 10.5. The van der Waals surface area contributed by atoms with E-state index in [-0.39, 0.29) is 5.78 Å². The molecule has 64 valence electrons. The zero-order valence-electron chi connectivity index (χ0n) is 7.46. The Kier molecular flexibility index (Phi) is 6.33. The van der Waals surface area contributed by atoms with Gasteiger partial charge in [0, 0.05) is 5.25 Å². The van der Waals surface area contributed by atoms with Gasteiger partial charge in [0.15, 0.2) is 5.78 Å². The van der Waals surface area contributed by atoms with Crippen LogP contribution >= 0.6 is 11.8 Å². The van der Waals surface area contributed by atoms with Crippen LogP contribution in [0.1, 0.15) is 27.2 Å². The van der Waals surface area contributed by atoms with E-state index in [1.807, 2.05) is 17.8 Å². The molecular formula is C9H16OS. The lowest BCUT2D eigenvalue weighted by Crippen LogP contribution is -1.93. The van der Waals surface area contributed by atoms with Gasteiger partial charge in [-0.3, -0.25) is 4.79 Å². The molecule has 0 bridgehead atoms. The van der Waals surface area contributed by atoms with E-state index in [4.69, 9.17) is 0 Å². The van der Waals surface area contributed by atoms with Crippen LogP contribution in [0.3, 0.4) is 0 Å². The average molecular weight is 172 g/mol. The van der Waals surface area contributed by atoms with Crippen LogP contribution < -0.4 is 0 Å². The van der Waals surface area contributed by atoms with Crippen molar-refractivity contribution < 1.29 is 4.79 Å². The van der Waals surface area contributed by atoms with Crippen LogP contribution in [-0.4, -0.2) is 16.8 Å². The third-order valence-electron chi connectivity index (χ3n) is 1.19. The highest BCUT2D eigenvalue weighted by Gasteiger charge is 1.95. The Morgan fingerprint density at radius 3 is 2.73 bits per heavy atom. The molecule has 0 aromatic heterocycles. The molecule has 0 heterocycles. The van der Waals surface area contributed by atoms with Crippen molar-refractivity contribution in [3.05, 3.63) is 12.2 Å². The SMILES string of the molecule is CCCSC(C)C=CC(C)=O. The van der Waals surface area contributed by atoms with Gasteiger partial charge in [0.05, 0.1) is 0 Å². The van der Waals surface area contributed by atoms with E-state index in [0.29, 0.717) is 5.25 Å². The van der Waals surface area contributed by atoms with Gasteiger partial charge in [0.25, 0.3) is 0 Å². The molecule has 2 heteroatoms. The van der Waals surface area contributed by atoms with Gasteiger partial charge in [-0.05, 0) is 32.1 Å². The lowest BCUT2D eigenvalue weighted by atomic mass is 10.3. The summed E-state index contributed by atoms with van der Waals surface area (Å²) >= 11 is 1.88. The molecule has 0 spiro atoms. The van der Waals surface area contributed by atoms with Crippen molar-refractivity contribution in [3.8, 4) is 0 Å². The van der Waals surface area contributed by atoms with Crippen molar-refractivity contribution in [2.45, 2.75) is 32.4 Å². The molecule has 0 aliphatic heterocycles. The number of thioether (sulfide) groups is 1. The van der Waals surface area contributed by atoms with E-state index in [9.17, 15) is 4.79 Å². The van der Waals surface area contributed by atoms with Crippen LogP contribution in [0.15, 0.2) is 12.2 Å². The zero-order valence-corrected chi connectivity index (χ0v) is 8.28. The van der Waals surface area contributed by atoms with Crippen LogP contribution in [0, 0.1) is 0 Å². The Balaban J connectivity index is 3.50. The summed E-state index contributed by atoms with van der Waals surface area (Å²) in [6, 6.07) is 0. The highest BCUT2D eigenvalue weighted by atomic mass is 32.2. The maximum Gasteiger partial charge on any atom is 0.152 e. The summed E-state index contributed by atoms with van der Waals surface area (Å²) in [4.78, 5) is 10.5. The molecular weight excluding hydrogens is 156 g/mol. The molecule has 0 radical (unpaired) electrons. The Bertz CT molecular complexity index is 140. The first kappa shape index (κ1) is 10.8. The fourth-order valence-electron chi connectivity index (χ4n) is 0.630. The quantitative estimate of drug-likeness (QED) is 0.593. The van der Waals surface area contributed by atoms with E-state index >= 15 is 0 Å². The van der Waals surface area contributed by atoms with E-state index in [1.54, 1.807) is 13.0 Å². The van der Waals surface area contributed by atoms with Gasteiger partial charge >= 0.3 is 0 Å². The predicted octanol–water partition coefficient (Wildman–Crippen LogP) is 2.66. The van der Waals surface area contributed by atoms with Crippen LogP contribution in [0.25, 0.3) is 0 Å². The van der Waals surface area contributed by atoms with Crippen LogP contribution in [-0.2, 0) is 4.79 Å². The summed E-state index contributed by atoms with van der Waals surface area (Å²) in [7, 11) is 0. The molecule has 0 fully saturated rings. The lowest BCUT2D eigenvalue weighted by Gasteiger charge is -2.02. The molecule has 0 amide bonds. The fraction of sp³-hybridized carbons (Fsp3) is 0.667. The molecule has 0 aromatic carbocycles. The van der Waals surface area contributed by atoms with Crippen LogP contribution in [0.2, 0.25) is 0 Å². The Labute approximate surface area is 73.3 Å². The number of hydrogen-bond acceptors (Lipinski definition) is 2. The number of carbonyl (C=O) groups is 1. The first-order valence-corrected chi connectivity index (χ1v) is 5.02. The van der Waals surface area contributed by atoms with Crippen molar-refractivity contribution in [2.24, 2.45) is 0 Å². The van der Waals surface area contributed by atoms with Crippen molar-refractivity contribution in [1.29, 1.82) is 0 Å². The zero-order chi connectivity index (χ0) is 8.69.